The Labute approximate surface area is 280 Å². The van der Waals surface area contributed by atoms with Crippen molar-refractivity contribution in [1.82, 2.24) is 10.2 Å². The van der Waals surface area contributed by atoms with E-state index in [0.29, 0.717) is 33.7 Å². The average molecular weight is 683 g/mol. The van der Waals surface area contributed by atoms with Gasteiger partial charge < -0.3 is 15.0 Å². The smallest absolute Gasteiger partial charge is 0.244 e. The van der Waals surface area contributed by atoms with Gasteiger partial charge in [-0.15, -0.1) is 0 Å². The summed E-state index contributed by atoms with van der Waals surface area (Å²) in [7, 11) is -3.94. The second-order valence-electron chi connectivity index (χ2n) is 10.8. The highest BCUT2D eigenvalue weighted by Gasteiger charge is 2.33. The molecule has 1 atom stereocenters. The van der Waals surface area contributed by atoms with Gasteiger partial charge in [0.05, 0.1) is 11.9 Å². The second-order valence-corrected chi connectivity index (χ2v) is 13.5. The number of unbranched alkanes of at least 4 members (excludes halogenated alkanes) is 1. The molecule has 0 radical (unpaired) electrons. The Morgan fingerprint density at radius 3 is 2.00 bits per heavy atom. The molecule has 4 rings (SSSR count). The molecule has 0 aliphatic carbocycles. The Kier molecular flexibility index (Phi) is 12.5. The number of benzene rings is 4. The molecule has 0 unspecified atom stereocenters. The lowest BCUT2D eigenvalue weighted by Gasteiger charge is -2.34. The summed E-state index contributed by atoms with van der Waals surface area (Å²) in [6, 6.07) is 28.9. The molecule has 2 amide bonds. The Morgan fingerprint density at radius 1 is 0.826 bits per heavy atom. The lowest BCUT2D eigenvalue weighted by Crippen LogP contribution is -2.53. The highest BCUT2D eigenvalue weighted by molar-refractivity contribution is 7.92. The van der Waals surface area contributed by atoms with Crippen molar-refractivity contribution in [1.29, 1.82) is 0 Å². The summed E-state index contributed by atoms with van der Waals surface area (Å²) < 4.78 is 33.1. The van der Waals surface area contributed by atoms with Crippen LogP contribution >= 0.6 is 23.2 Å². The summed E-state index contributed by atoms with van der Waals surface area (Å²) in [5.74, 6) is 0.164. The molecule has 0 heterocycles. The molecule has 4 aromatic rings. The van der Waals surface area contributed by atoms with E-state index in [1.165, 1.54) is 4.90 Å². The Hall–Kier alpha value is -4.05. The van der Waals surface area contributed by atoms with Crippen LogP contribution in [-0.4, -0.2) is 50.5 Å². The maximum Gasteiger partial charge on any atom is 0.244 e. The number of ether oxygens (including phenoxy) is 1. The van der Waals surface area contributed by atoms with E-state index in [0.717, 1.165) is 29.0 Å². The third-order valence-electron chi connectivity index (χ3n) is 7.27. The van der Waals surface area contributed by atoms with Crippen LogP contribution in [0, 0.1) is 0 Å². The van der Waals surface area contributed by atoms with Gasteiger partial charge in [-0.2, -0.15) is 0 Å². The molecule has 0 bridgehead atoms. The normalized spacial score (nSPS) is 11.8. The SMILES string of the molecule is CCCCNC(=O)[C@@H](Cc1ccccc1)N(Cc1c(Cl)cccc1Cl)C(=O)CN(c1ccc(Oc2ccccc2)cc1)S(C)(=O)=O. The van der Waals surface area contributed by atoms with Crippen LogP contribution in [0.5, 0.6) is 11.5 Å². The summed E-state index contributed by atoms with van der Waals surface area (Å²) in [5, 5.41) is 3.60. The third-order valence-corrected chi connectivity index (χ3v) is 9.12. The van der Waals surface area contributed by atoms with Crippen LogP contribution in [0.1, 0.15) is 30.9 Å². The number of amides is 2. The first-order valence-corrected chi connectivity index (χ1v) is 17.5. The quantitative estimate of drug-likeness (QED) is 0.135. The van der Waals surface area contributed by atoms with E-state index < -0.39 is 28.5 Å². The Morgan fingerprint density at radius 2 is 1.41 bits per heavy atom. The largest absolute Gasteiger partial charge is 0.457 e. The first-order chi connectivity index (χ1) is 22.1. The number of rotatable bonds is 15. The van der Waals surface area contributed by atoms with Crippen LogP contribution in [0.3, 0.4) is 0 Å². The van der Waals surface area contributed by atoms with Crippen molar-refractivity contribution >= 4 is 50.7 Å². The van der Waals surface area contributed by atoms with Gasteiger partial charge in [-0.25, -0.2) is 8.42 Å². The van der Waals surface area contributed by atoms with E-state index in [-0.39, 0.29) is 24.6 Å². The molecule has 0 fully saturated rings. The molecule has 0 aliphatic rings. The van der Waals surface area contributed by atoms with Crippen molar-refractivity contribution in [3.05, 3.63) is 124 Å². The molecule has 0 aliphatic heterocycles. The van der Waals surface area contributed by atoms with Gasteiger partial charge in [-0.3, -0.25) is 13.9 Å². The Bertz CT molecular complexity index is 1690. The van der Waals surface area contributed by atoms with Crippen molar-refractivity contribution in [3.8, 4) is 11.5 Å². The van der Waals surface area contributed by atoms with E-state index in [1.54, 1.807) is 54.6 Å². The summed E-state index contributed by atoms with van der Waals surface area (Å²) in [6.07, 6.45) is 2.86. The average Bonchev–Trinajstić information content (AvgIpc) is 3.03. The maximum absolute atomic E-state index is 14.3. The molecule has 1 N–H and O–H groups in total. The van der Waals surface area contributed by atoms with Crippen LogP contribution in [0.15, 0.2) is 103 Å². The number of nitrogens with one attached hydrogen (secondary N) is 1. The molecule has 4 aromatic carbocycles. The van der Waals surface area contributed by atoms with Gasteiger partial charge in [-0.1, -0.05) is 91.1 Å². The van der Waals surface area contributed by atoms with Crippen molar-refractivity contribution in [2.45, 2.75) is 38.8 Å². The predicted molar refractivity (Wildman–Crippen MR) is 184 cm³/mol. The summed E-state index contributed by atoms with van der Waals surface area (Å²) in [5.41, 5.74) is 1.54. The fourth-order valence-electron chi connectivity index (χ4n) is 4.83. The highest BCUT2D eigenvalue weighted by Crippen LogP contribution is 2.29. The molecular weight excluding hydrogens is 645 g/mol. The van der Waals surface area contributed by atoms with E-state index >= 15 is 0 Å². The van der Waals surface area contributed by atoms with Crippen LogP contribution in [0.2, 0.25) is 10.0 Å². The number of nitrogens with zero attached hydrogens (tertiary/aromatic N) is 2. The molecule has 242 valence electrons. The van der Waals surface area contributed by atoms with Gasteiger partial charge in [-0.05, 0) is 60.5 Å². The number of hydrogen-bond donors (Lipinski definition) is 1. The fraction of sp³-hybridized carbons (Fsp3) is 0.257. The van der Waals surface area contributed by atoms with Crippen LogP contribution in [-0.2, 0) is 32.6 Å². The van der Waals surface area contributed by atoms with Crippen molar-refractivity contribution < 1.29 is 22.7 Å². The van der Waals surface area contributed by atoms with Gasteiger partial charge in [0.15, 0.2) is 0 Å². The zero-order chi connectivity index (χ0) is 33.1. The maximum atomic E-state index is 14.3. The van der Waals surface area contributed by atoms with Gasteiger partial charge >= 0.3 is 0 Å². The number of hydrogen-bond acceptors (Lipinski definition) is 5. The highest BCUT2D eigenvalue weighted by atomic mass is 35.5. The number of halogens is 2. The minimum absolute atomic E-state index is 0.114. The van der Waals surface area contributed by atoms with E-state index in [1.807, 2.05) is 55.5 Å². The minimum atomic E-state index is -3.94. The zero-order valence-corrected chi connectivity index (χ0v) is 28.1. The first kappa shape index (κ1) is 34.8. The topological polar surface area (TPSA) is 96.0 Å². The number of carbonyl (C=O) groups is 2. The van der Waals surface area contributed by atoms with Crippen LogP contribution < -0.4 is 14.4 Å². The van der Waals surface area contributed by atoms with Gasteiger partial charge in [0.25, 0.3) is 0 Å². The summed E-state index contributed by atoms with van der Waals surface area (Å²) in [6.45, 7) is 1.77. The van der Waals surface area contributed by atoms with Crippen molar-refractivity contribution in [3.63, 3.8) is 0 Å². The van der Waals surface area contributed by atoms with Gasteiger partial charge in [0, 0.05) is 35.1 Å². The number of anilines is 1. The fourth-order valence-corrected chi connectivity index (χ4v) is 6.20. The van der Waals surface area contributed by atoms with E-state index in [9.17, 15) is 18.0 Å². The van der Waals surface area contributed by atoms with Crippen LogP contribution in [0.25, 0.3) is 0 Å². The molecule has 8 nitrogen and oxygen atoms in total. The number of para-hydroxylation sites is 1. The van der Waals surface area contributed by atoms with E-state index in [4.69, 9.17) is 27.9 Å². The molecule has 0 aromatic heterocycles. The molecule has 11 heteroatoms. The monoisotopic (exact) mass is 681 g/mol. The predicted octanol–water partition coefficient (Wildman–Crippen LogP) is 7.11. The summed E-state index contributed by atoms with van der Waals surface area (Å²) in [4.78, 5) is 29.4. The molecular formula is C35H37Cl2N3O5S. The van der Waals surface area contributed by atoms with Gasteiger partial charge in [0.2, 0.25) is 21.8 Å². The third kappa shape index (κ3) is 9.72. The zero-order valence-electron chi connectivity index (χ0n) is 25.7. The second kappa shape index (κ2) is 16.5. The molecule has 0 saturated carbocycles. The van der Waals surface area contributed by atoms with E-state index in [2.05, 4.69) is 5.32 Å². The number of sulfonamides is 1. The van der Waals surface area contributed by atoms with Crippen molar-refractivity contribution in [2.24, 2.45) is 0 Å². The van der Waals surface area contributed by atoms with Crippen LogP contribution in [0.4, 0.5) is 5.69 Å². The molecule has 46 heavy (non-hydrogen) atoms. The number of carbonyl (C=O) groups excluding carboxylic acids is 2. The summed E-state index contributed by atoms with van der Waals surface area (Å²) >= 11 is 13.1. The first-order valence-electron chi connectivity index (χ1n) is 14.9. The Balaban J connectivity index is 1.70. The van der Waals surface area contributed by atoms with Crippen molar-refractivity contribution in [2.75, 3.05) is 23.7 Å². The lowest BCUT2D eigenvalue weighted by molar-refractivity contribution is -0.140. The lowest BCUT2D eigenvalue weighted by atomic mass is 10.0. The van der Waals surface area contributed by atoms with Gasteiger partial charge in [0.1, 0.15) is 24.1 Å². The standard InChI is InChI=1S/C35H37Cl2N3O5S/c1-3-4-22-38-35(42)33(23-26-12-7-5-8-13-26)39(24-30-31(36)16-11-17-32(30)37)34(41)25-40(46(2,43)44)27-18-20-29(21-19-27)45-28-14-9-6-10-15-28/h5-21,33H,3-4,22-25H2,1-2H3,(H,38,42)/t33-/m1/s1. The molecule has 0 saturated heterocycles. The molecule has 0 spiro atoms. The minimum Gasteiger partial charge on any atom is -0.457 e.